The highest BCUT2D eigenvalue weighted by molar-refractivity contribution is 7.99. The lowest BCUT2D eigenvalue weighted by Crippen LogP contribution is -2.32. The molecule has 0 saturated heterocycles. The molecular weight excluding hydrogens is 711 g/mol. The SMILES string of the molecule is Cc1cnccc1-c1ccc2c(c1)Sc1ccccc1C21c2ccccc2-c2c(-c3nc(-c4ccccc4)cc(-c4ccc(-c5ccccc5)cc4)n3)cccc21. The first-order valence-corrected chi connectivity index (χ1v) is 20.2. The van der Waals surface area contributed by atoms with Crippen LogP contribution in [0.3, 0.4) is 0 Å². The second-order valence-corrected chi connectivity index (χ2v) is 15.9. The Morgan fingerprint density at radius 2 is 1.00 bits per heavy atom. The molecule has 11 rings (SSSR count). The second-order valence-electron chi connectivity index (χ2n) is 14.8. The van der Waals surface area contributed by atoms with Gasteiger partial charge in [0, 0.05) is 38.9 Å². The number of benzene rings is 7. The first-order valence-electron chi connectivity index (χ1n) is 19.3. The molecular formula is C53H35N3S. The zero-order chi connectivity index (χ0) is 37.9. The van der Waals surface area contributed by atoms with E-state index in [9.17, 15) is 0 Å². The Kier molecular flexibility index (Phi) is 7.87. The van der Waals surface area contributed by atoms with Crippen molar-refractivity contribution in [2.75, 3.05) is 0 Å². The van der Waals surface area contributed by atoms with Gasteiger partial charge < -0.3 is 0 Å². The van der Waals surface area contributed by atoms with Crippen LogP contribution < -0.4 is 0 Å². The van der Waals surface area contributed by atoms with Crippen molar-refractivity contribution in [3.63, 3.8) is 0 Å². The Morgan fingerprint density at radius 1 is 0.421 bits per heavy atom. The average Bonchev–Trinajstić information content (AvgIpc) is 3.57. The fourth-order valence-corrected chi connectivity index (χ4v) is 10.3. The highest BCUT2D eigenvalue weighted by atomic mass is 32.2. The van der Waals surface area contributed by atoms with Crippen LogP contribution in [-0.4, -0.2) is 15.0 Å². The molecule has 1 unspecified atom stereocenters. The molecule has 1 aliphatic heterocycles. The Balaban J connectivity index is 1.14. The Morgan fingerprint density at radius 3 is 1.77 bits per heavy atom. The fraction of sp³-hybridized carbons (Fsp3) is 0.0377. The van der Waals surface area contributed by atoms with Gasteiger partial charge in [0.2, 0.25) is 0 Å². The van der Waals surface area contributed by atoms with Crippen LogP contribution in [0.5, 0.6) is 0 Å². The van der Waals surface area contributed by atoms with Gasteiger partial charge in [0.15, 0.2) is 5.82 Å². The number of nitrogens with zero attached hydrogens (tertiary/aromatic N) is 3. The van der Waals surface area contributed by atoms with E-state index in [0.29, 0.717) is 5.82 Å². The lowest BCUT2D eigenvalue weighted by Gasteiger charge is -2.40. The van der Waals surface area contributed by atoms with Crippen molar-refractivity contribution >= 4 is 11.8 Å². The van der Waals surface area contributed by atoms with Crippen LogP contribution >= 0.6 is 11.8 Å². The van der Waals surface area contributed by atoms with Gasteiger partial charge in [-0.3, -0.25) is 4.98 Å². The van der Waals surface area contributed by atoms with Crippen molar-refractivity contribution in [2.45, 2.75) is 22.1 Å². The predicted molar refractivity (Wildman–Crippen MR) is 233 cm³/mol. The largest absolute Gasteiger partial charge is 0.264 e. The monoisotopic (exact) mass is 745 g/mol. The van der Waals surface area contributed by atoms with E-state index in [2.05, 4.69) is 194 Å². The van der Waals surface area contributed by atoms with E-state index in [1.807, 2.05) is 24.2 Å². The summed E-state index contributed by atoms with van der Waals surface area (Å²) in [4.78, 5) is 17.7. The van der Waals surface area contributed by atoms with Crippen LogP contribution in [-0.2, 0) is 5.41 Å². The summed E-state index contributed by atoms with van der Waals surface area (Å²) in [6.45, 7) is 2.14. The van der Waals surface area contributed by atoms with Crippen LogP contribution in [0.1, 0.15) is 27.8 Å². The number of aromatic nitrogens is 3. The Bertz CT molecular complexity index is 2990. The van der Waals surface area contributed by atoms with Crippen molar-refractivity contribution in [3.8, 4) is 67.3 Å². The third kappa shape index (κ3) is 5.32. The third-order valence-electron chi connectivity index (χ3n) is 11.6. The number of hydrogen-bond donors (Lipinski definition) is 0. The van der Waals surface area contributed by atoms with E-state index in [4.69, 9.17) is 9.97 Å². The molecule has 0 bridgehead atoms. The molecule has 0 radical (unpaired) electrons. The standard InChI is InChI=1S/C53H35N3S/c1-34-33-54-30-29-40(34)39-27-28-45-50(31-39)57-49-22-11-10-20-44(49)53(45)43-19-9-8-17-41(43)51-42(18-12-21-46(51)53)52-55-47(37-15-6-3-7-16-37)32-48(56-52)38-25-23-36(24-26-38)35-13-4-2-5-14-35/h2-33H,1H3. The molecule has 2 aliphatic rings. The highest BCUT2D eigenvalue weighted by Crippen LogP contribution is 2.63. The quantitative estimate of drug-likeness (QED) is 0.176. The summed E-state index contributed by atoms with van der Waals surface area (Å²) in [6, 6.07) is 65.7. The fourth-order valence-electron chi connectivity index (χ4n) is 9.04. The van der Waals surface area contributed by atoms with E-state index >= 15 is 0 Å². The maximum atomic E-state index is 5.41. The van der Waals surface area contributed by atoms with Gasteiger partial charge >= 0.3 is 0 Å². The molecule has 0 fully saturated rings. The van der Waals surface area contributed by atoms with Gasteiger partial charge in [0.25, 0.3) is 0 Å². The topological polar surface area (TPSA) is 38.7 Å². The molecule has 0 amide bonds. The lowest BCUT2D eigenvalue weighted by atomic mass is 9.67. The lowest BCUT2D eigenvalue weighted by molar-refractivity contribution is 0.722. The molecule has 2 aromatic heterocycles. The van der Waals surface area contributed by atoms with E-state index in [1.54, 1.807) is 0 Å². The summed E-state index contributed by atoms with van der Waals surface area (Å²) in [5, 5.41) is 0. The Labute approximate surface area is 336 Å². The van der Waals surface area contributed by atoms with Crippen molar-refractivity contribution in [1.82, 2.24) is 15.0 Å². The van der Waals surface area contributed by atoms with Gasteiger partial charge in [-0.2, -0.15) is 0 Å². The van der Waals surface area contributed by atoms with E-state index in [1.165, 1.54) is 71.0 Å². The molecule has 3 nitrogen and oxygen atoms in total. The molecule has 1 aliphatic carbocycles. The summed E-state index contributed by atoms with van der Waals surface area (Å²) in [6.07, 6.45) is 3.83. The summed E-state index contributed by atoms with van der Waals surface area (Å²) in [5.74, 6) is 0.712. The molecule has 3 heterocycles. The van der Waals surface area contributed by atoms with Gasteiger partial charge in [-0.25, -0.2) is 9.97 Å². The van der Waals surface area contributed by atoms with Crippen LogP contribution in [0.15, 0.2) is 204 Å². The predicted octanol–water partition coefficient (Wildman–Crippen LogP) is 13.3. The molecule has 7 aromatic carbocycles. The molecule has 1 spiro atoms. The molecule has 1 atom stereocenters. The van der Waals surface area contributed by atoms with Crippen LogP contribution in [0, 0.1) is 6.92 Å². The van der Waals surface area contributed by atoms with E-state index in [0.717, 1.165) is 28.1 Å². The normalized spacial score (nSPS) is 14.8. The molecule has 4 heteroatoms. The second kappa shape index (κ2) is 13.4. The minimum atomic E-state index is -0.530. The zero-order valence-electron chi connectivity index (χ0n) is 31.2. The highest BCUT2D eigenvalue weighted by Gasteiger charge is 2.51. The van der Waals surface area contributed by atoms with Gasteiger partial charge in [-0.15, -0.1) is 0 Å². The van der Waals surface area contributed by atoms with Gasteiger partial charge in [-0.1, -0.05) is 169 Å². The number of fused-ring (bicyclic) bond motifs is 9. The molecule has 0 N–H and O–H groups in total. The number of aryl methyl sites for hydroxylation is 1. The Hall–Kier alpha value is -6.88. The van der Waals surface area contributed by atoms with Crippen molar-refractivity contribution in [2.24, 2.45) is 0 Å². The summed E-state index contributed by atoms with van der Waals surface area (Å²) >= 11 is 1.87. The van der Waals surface area contributed by atoms with Crippen LogP contribution in [0.4, 0.5) is 0 Å². The molecule has 0 saturated carbocycles. The molecule has 57 heavy (non-hydrogen) atoms. The van der Waals surface area contributed by atoms with Gasteiger partial charge in [0.1, 0.15) is 0 Å². The zero-order valence-corrected chi connectivity index (χ0v) is 32.0. The van der Waals surface area contributed by atoms with Gasteiger partial charge in [0.05, 0.1) is 16.8 Å². The number of rotatable bonds is 5. The number of pyridine rings is 1. The first kappa shape index (κ1) is 33.5. The van der Waals surface area contributed by atoms with Gasteiger partial charge in [-0.05, 0) is 92.4 Å². The maximum absolute atomic E-state index is 5.41. The summed E-state index contributed by atoms with van der Waals surface area (Å²) in [7, 11) is 0. The van der Waals surface area contributed by atoms with Crippen LogP contribution in [0.2, 0.25) is 0 Å². The van der Waals surface area contributed by atoms with E-state index in [-0.39, 0.29) is 0 Å². The van der Waals surface area contributed by atoms with Crippen molar-refractivity contribution in [3.05, 3.63) is 222 Å². The average molecular weight is 746 g/mol. The maximum Gasteiger partial charge on any atom is 0.161 e. The minimum Gasteiger partial charge on any atom is -0.264 e. The smallest absolute Gasteiger partial charge is 0.161 e. The summed E-state index contributed by atoms with van der Waals surface area (Å²) in [5.41, 5.74) is 17.9. The third-order valence-corrected chi connectivity index (χ3v) is 12.8. The van der Waals surface area contributed by atoms with Crippen LogP contribution in [0.25, 0.3) is 67.3 Å². The first-order chi connectivity index (χ1) is 28.2. The minimum absolute atomic E-state index is 0.530. The number of hydrogen-bond acceptors (Lipinski definition) is 4. The van der Waals surface area contributed by atoms with Crippen molar-refractivity contribution < 1.29 is 0 Å². The van der Waals surface area contributed by atoms with E-state index < -0.39 is 5.41 Å². The molecule has 9 aromatic rings. The van der Waals surface area contributed by atoms with Crippen molar-refractivity contribution in [1.29, 1.82) is 0 Å². The summed E-state index contributed by atoms with van der Waals surface area (Å²) < 4.78 is 0. The molecule has 268 valence electrons.